The molecule has 1 atom stereocenters. The molecule has 2 rings (SSSR count). The van der Waals surface area contributed by atoms with Crippen LogP contribution in [0.15, 0.2) is 41.8 Å². The van der Waals surface area contributed by atoms with E-state index >= 15 is 0 Å². The summed E-state index contributed by atoms with van der Waals surface area (Å²) in [5, 5.41) is 13.0. The molecular weight excluding hydrogens is 330 g/mol. The van der Waals surface area contributed by atoms with Crippen molar-refractivity contribution < 1.29 is 19.6 Å². The summed E-state index contributed by atoms with van der Waals surface area (Å²) in [7, 11) is 2.67. The van der Waals surface area contributed by atoms with Gasteiger partial charge in [-0.05, 0) is 29.1 Å². The number of carbonyl (C=O) groups is 3. The maximum Gasteiger partial charge on any atom is 0.275 e. The number of hydrogen-bond acceptors (Lipinski definition) is 5. The lowest BCUT2D eigenvalue weighted by Gasteiger charge is -2.25. The quantitative estimate of drug-likeness (QED) is 0.429. The van der Waals surface area contributed by atoms with Crippen LogP contribution in [-0.2, 0) is 9.59 Å². The molecule has 1 heterocycles. The highest BCUT2D eigenvalue weighted by molar-refractivity contribution is 7.13. The lowest BCUT2D eigenvalue weighted by Crippen LogP contribution is -2.54. The van der Waals surface area contributed by atoms with Crippen LogP contribution in [0.4, 0.5) is 0 Å². The fourth-order valence-corrected chi connectivity index (χ4v) is 2.94. The highest BCUT2D eigenvalue weighted by Gasteiger charge is 2.33. The number of carbonyl (C=O) groups excluding carboxylic acids is 3. The van der Waals surface area contributed by atoms with Crippen molar-refractivity contribution in [2.24, 2.45) is 0 Å². The molecule has 0 bridgehead atoms. The predicted molar refractivity (Wildman–Crippen MR) is 89.6 cm³/mol. The molecule has 0 fully saturated rings. The predicted octanol–water partition coefficient (Wildman–Crippen LogP) is 1.11. The van der Waals surface area contributed by atoms with Gasteiger partial charge in [0, 0.05) is 24.5 Å². The van der Waals surface area contributed by atoms with Crippen LogP contribution in [-0.4, -0.2) is 48.0 Å². The van der Waals surface area contributed by atoms with Crippen LogP contribution in [0.1, 0.15) is 10.4 Å². The monoisotopic (exact) mass is 347 g/mol. The minimum absolute atomic E-state index is 0.331. The maximum atomic E-state index is 12.5. The van der Waals surface area contributed by atoms with Gasteiger partial charge in [0.25, 0.3) is 17.7 Å². The highest BCUT2D eigenvalue weighted by Crippen LogP contribution is 2.25. The van der Waals surface area contributed by atoms with Gasteiger partial charge in [-0.1, -0.05) is 18.2 Å². The molecule has 126 valence electrons. The Morgan fingerprint density at radius 2 is 1.79 bits per heavy atom. The average Bonchev–Trinajstić information content (AvgIpc) is 3.15. The summed E-state index contributed by atoms with van der Waals surface area (Å²) in [6.07, 6.45) is 0. The molecule has 8 heteroatoms. The minimum atomic E-state index is -1.47. The van der Waals surface area contributed by atoms with Crippen molar-refractivity contribution in [3.63, 3.8) is 0 Å². The van der Waals surface area contributed by atoms with E-state index in [-0.39, 0.29) is 0 Å². The first-order chi connectivity index (χ1) is 11.5. The molecule has 3 N–H and O–H groups in total. The summed E-state index contributed by atoms with van der Waals surface area (Å²) in [4.78, 5) is 38.1. The van der Waals surface area contributed by atoms with Crippen LogP contribution >= 0.6 is 11.3 Å². The molecule has 0 saturated carbocycles. The normalized spacial score (nSPS) is 11.5. The SMILES string of the molecule is CNC(=O)C(C(=O)NO)N(C)C(=O)c1ccc(-c2cccs2)cc1. The van der Waals surface area contributed by atoms with Gasteiger partial charge in [-0.15, -0.1) is 11.3 Å². The van der Waals surface area contributed by atoms with Crippen molar-refractivity contribution in [2.75, 3.05) is 14.1 Å². The summed E-state index contributed by atoms with van der Waals surface area (Å²) >= 11 is 1.59. The number of likely N-dealkylation sites (N-methyl/N-ethyl adjacent to an activating group) is 2. The molecule has 1 aromatic carbocycles. The molecule has 3 amide bonds. The molecular formula is C16H17N3O4S. The molecule has 1 aromatic heterocycles. The Labute approximate surface area is 142 Å². The third kappa shape index (κ3) is 3.61. The van der Waals surface area contributed by atoms with Gasteiger partial charge >= 0.3 is 0 Å². The van der Waals surface area contributed by atoms with E-state index in [1.54, 1.807) is 35.6 Å². The van der Waals surface area contributed by atoms with Gasteiger partial charge in [0.1, 0.15) is 0 Å². The van der Waals surface area contributed by atoms with Crippen LogP contribution < -0.4 is 10.8 Å². The van der Waals surface area contributed by atoms with Crippen molar-refractivity contribution in [3.05, 3.63) is 47.3 Å². The Bertz CT molecular complexity index is 712. The van der Waals surface area contributed by atoms with E-state index in [0.717, 1.165) is 15.3 Å². The Morgan fingerprint density at radius 1 is 1.12 bits per heavy atom. The first-order valence-electron chi connectivity index (χ1n) is 7.06. The fraction of sp³-hybridized carbons (Fsp3) is 0.188. The first-order valence-corrected chi connectivity index (χ1v) is 7.94. The van der Waals surface area contributed by atoms with Crippen molar-refractivity contribution in [1.82, 2.24) is 15.7 Å². The number of benzene rings is 1. The number of amides is 3. The summed E-state index contributed by atoms with van der Waals surface area (Å²) in [5.74, 6) is -2.20. The number of thiophene rings is 1. The number of hydrogen-bond donors (Lipinski definition) is 3. The Hall–Kier alpha value is -2.71. The molecule has 0 aliphatic rings. The van der Waals surface area contributed by atoms with Gasteiger partial charge < -0.3 is 10.2 Å². The van der Waals surface area contributed by atoms with E-state index in [1.165, 1.54) is 19.6 Å². The van der Waals surface area contributed by atoms with Gasteiger partial charge in [0.2, 0.25) is 0 Å². The second-order valence-corrected chi connectivity index (χ2v) is 5.91. The van der Waals surface area contributed by atoms with Gasteiger partial charge in [0.15, 0.2) is 6.04 Å². The van der Waals surface area contributed by atoms with E-state index < -0.39 is 23.8 Å². The van der Waals surface area contributed by atoms with Gasteiger partial charge in [-0.2, -0.15) is 0 Å². The molecule has 0 saturated heterocycles. The second kappa shape index (κ2) is 7.71. The largest absolute Gasteiger partial charge is 0.357 e. The number of nitrogens with zero attached hydrogens (tertiary/aromatic N) is 1. The first kappa shape index (κ1) is 17.6. The zero-order chi connectivity index (χ0) is 17.7. The summed E-state index contributed by atoms with van der Waals surface area (Å²) in [6.45, 7) is 0. The van der Waals surface area contributed by atoms with Crippen LogP contribution in [0.25, 0.3) is 10.4 Å². The molecule has 7 nitrogen and oxygen atoms in total. The van der Waals surface area contributed by atoms with Crippen LogP contribution in [0.3, 0.4) is 0 Å². The molecule has 24 heavy (non-hydrogen) atoms. The van der Waals surface area contributed by atoms with Crippen LogP contribution in [0.2, 0.25) is 0 Å². The topological polar surface area (TPSA) is 98.7 Å². The van der Waals surface area contributed by atoms with Gasteiger partial charge in [0.05, 0.1) is 0 Å². The van der Waals surface area contributed by atoms with Gasteiger partial charge in [-0.25, -0.2) is 5.48 Å². The van der Waals surface area contributed by atoms with E-state index in [9.17, 15) is 14.4 Å². The summed E-state index contributed by atoms with van der Waals surface area (Å²) < 4.78 is 0. The molecule has 2 aromatic rings. The van der Waals surface area contributed by atoms with E-state index in [4.69, 9.17) is 5.21 Å². The Morgan fingerprint density at radius 3 is 2.29 bits per heavy atom. The zero-order valence-corrected chi connectivity index (χ0v) is 14.0. The summed E-state index contributed by atoms with van der Waals surface area (Å²) in [5.41, 5.74) is 2.71. The van der Waals surface area contributed by atoms with E-state index in [2.05, 4.69) is 5.32 Å². The Balaban J connectivity index is 2.22. The average molecular weight is 347 g/mol. The molecule has 0 radical (unpaired) electrons. The smallest absolute Gasteiger partial charge is 0.275 e. The van der Waals surface area contributed by atoms with E-state index in [1.807, 2.05) is 17.5 Å². The number of nitrogens with one attached hydrogen (secondary N) is 2. The third-order valence-corrected chi connectivity index (χ3v) is 4.42. The minimum Gasteiger partial charge on any atom is -0.357 e. The number of rotatable bonds is 5. The van der Waals surface area contributed by atoms with Crippen molar-refractivity contribution in [2.45, 2.75) is 6.04 Å². The van der Waals surface area contributed by atoms with Gasteiger partial charge in [-0.3, -0.25) is 19.6 Å². The molecule has 1 unspecified atom stereocenters. The van der Waals surface area contributed by atoms with Crippen LogP contribution in [0.5, 0.6) is 0 Å². The lowest BCUT2D eigenvalue weighted by atomic mass is 10.1. The fourth-order valence-electron chi connectivity index (χ4n) is 2.21. The molecule has 0 aliphatic heterocycles. The Kier molecular flexibility index (Phi) is 5.67. The summed E-state index contributed by atoms with van der Waals surface area (Å²) in [6, 6.07) is 9.30. The van der Waals surface area contributed by atoms with Crippen molar-refractivity contribution >= 4 is 29.1 Å². The molecule has 0 aliphatic carbocycles. The molecule has 0 spiro atoms. The lowest BCUT2D eigenvalue weighted by molar-refractivity contribution is -0.140. The maximum absolute atomic E-state index is 12.5. The highest BCUT2D eigenvalue weighted by atomic mass is 32.1. The van der Waals surface area contributed by atoms with Crippen LogP contribution in [0, 0.1) is 0 Å². The van der Waals surface area contributed by atoms with Crippen molar-refractivity contribution in [3.8, 4) is 10.4 Å². The number of hydroxylamine groups is 1. The third-order valence-electron chi connectivity index (χ3n) is 3.50. The van der Waals surface area contributed by atoms with Crippen molar-refractivity contribution in [1.29, 1.82) is 0 Å². The second-order valence-electron chi connectivity index (χ2n) is 4.96. The van der Waals surface area contributed by atoms with E-state index in [0.29, 0.717) is 5.56 Å². The standard InChI is InChI=1S/C16H17N3O4S/c1-17-14(20)13(15(21)18-23)19(2)16(22)11-7-5-10(6-8-11)12-4-3-9-24-12/h3-9,13,23H,1-2H3,(H,17,20)(H,18,21). The zero-order valence-electron chi connectivity index (χ0n) is 13.1.